The van der Waals surface area contributed by atoms with E-state index in [1.165, 1.54) is 7.11 Å². The molecule has 0 unspecified atom stereocenters. The molecule has 0 atom stereocenters. The minimum atomic E-state index is -0.163. The number of rotatable bonds is 2. The maximum atomic E-state index is 11.6. The maximum Gasteiger partial charge on any atom is 0.343 e. The highest BCUT2D eigenvalue weighted by molar-refractivity contribution is 5.72. The number of nitrogens with one attached hydrogen (secondary N) is 1. The summed E-state index contributed by atoms with van der Waals surface area (Å²) in [6.45, 7) is 1.81. The Kier molecular flexibility index (Phi) is 3.31. The molecule has 0 bridgehead atoms. The molecular weight excluding hydrogens is 222 g/mol. The molecule has 1 aromatic heterocycles. The molecule has 1 heterocycles. The lowest BCUT2D eigenvalue weighted by Crippen LogP contribution is -2.29. The molecule has 1 N–H and O–H groups in total. The molecule has 94 valence electrons. The summed E-state index contributed by atoms with van der Waals surface area (Å²) in [5.74, 6) is 0.551. The quantitative estimate of drug-likeness (QED) is 0.774. The summed E-state index contributed by atoms with van der Waals surface area (Å²) in [5.41, 5.74) is -0.163. The van der Waals surface area contributed by atoms with Gasteiger partial charge in [0, 0.05) is 6.04 Å². The van der Waals surface area contributed by atoms with Crippen molar-refractivity contribution in [3.05, 3.63) is 16.3 Å². The van der Waals surface area contributed by atoms with Gasteiger partial charge in [0.25, 0.3) is 0 Å². The average Bonchev–Trinajstić information content (AvgIpc) is 2.68. The molecule has 6 nitrogen and oxygen atoms in total. The Morgan fingerprint density at radius 2 is 2.06 bits per heavy atom. The van der Waals surface area contributed by atoms with Gasteiger partial charge in [-0.2, -0.15) is 5.10 Å². The van der Waals surface area contributed by atoms with Gasteiger partial charge >= 0.3 is 11.7 Å². The fourth-order valence-electron chi connectivity index (χ4n) is 2.55. The lowest BCUT2D eigenvalue weighted by molar-refractivity contribution is -0.146. The van der Waals surface area contributed by atoms with Crippen LogP contribution in [0, 0.1) is 12.8 Å². The molecule has 2 rings (SSSR count). The Morgan fingerprint density at radius 1 is 1.41 bits per heavy atom. The number of aromatic nitrogens is 3. The minimum absolute atomic E-state index is 0.0147. The van der Waals surface area contributed by atoms with Crippen molar-refractivity contribution in [3.8, 4) is 0 Å². The number of nitrogens with zero attached hydrogens (tertiary/aromatic N) is 2. The van der Waals surface area contributed by atoms with Crippen LogP contribution in [0.4, 0.5) is 0 Å². The largest absolute Gasteiger partial charge is 0.469 e. The van der Waals surface area contributed by atoms with Gasteiger partial charge < -0.3 is 4.74 Å². The Morgan fingerprint density at radius 3 is 2.53 bits per heavy atom. The van der Waals surface area contributed by atoms with E-state index in [1.54, 1.807) is 4.57 Å². The molecule has 1 aliphatic carbocycles. The van der Waals surface area contributed by atoms with Crippen molar-refractivity contribution < 1.29 is 9.53 Å². The summed E-state index contributed by atoms with van der Waals surface area (Å²) < 4.78 is 6.43. The molecule has 0 aromatic carbocycles. The number of carbonyl (C=O) groups is 1. The maximum absolute atomic E-state index is 11.6. The number of esters is 1. The van der Waals surface area contributed by atoms with Crippen LogP contribution in [0.25, 0.3) is 0 Å². The highest BCUT2D eigenvalue weighted by Gasteiger charge is 2.29. The predicted octanol–water partition coefficient (Wildman–Crippen LogP) is 0.784. The van der Waals surface area contributed by atoms with Crippen molar-refractivity contribution in [2.45, 2.75) is 38.6 Å². The SMILES string of the molecule is COC(=O)C1CCC(n2c(C)n[nH]c2=O)CC1. The van der Waals surface area contributed by atoms with Crippen LogP contribution in [0.15, 0.2) is 4.79 Å². The number of H-pyrrole nitrogens is 1. The van der Waals surface area contributed by atoms with Crippen LogP contribution in [0.3, 0.4) is 0 Å². The van der Waals surface area contributed by atoms with Gasteiger partial charge in [0.05, 0.1) is 13.0 Å². The molecule has 17 heavy (non-hydrogen) atoms. The Hall–Kier alpha value is -1.59. The van der Waals surface area contributed by atoms with Crippen molar-refractivity contribution in [2.75, 3.05) is 7.11 Å². The number of hydrogen-bond donors (Lipinski definition) is 1. The molecule has 6 heteroatoms. The van der Waals surface area contributed by atoms with Crippen LogP contribution < -0.4 is 5.69 Å². The number of carbonyl (C=O) groups excluding carboxylic acids is 1. The summed E-state index contributed by atoms with van der Waals surface area (Å²) in [7, 11) is 1.42. The van der Waals surface area contributed by atoms with Crippen molar-refractivity contribution >= 4 is 5.97 Å². The first-order chi connectivity index (χ1) is 8.13. The van der Waals surface area contributed by atoms with Crippen LogP contribution in [-0.2, 0) is 9.53 Å². The second-order valence-corrected chi connectivity index (χ2v) is 4.47. The molecule has 0 radical (unpaired) electrons. The third kappa shape index (κ3) is 2.25. The van der Waals surface area contributed by atoms with Crippen LogP contribution >= 0.6 is 0 Å². The van der Waals surface area contributed by atoms with Gasteiger partial charge in [-0.3, -0.25) is 9.36 Å². The van der Waals surface area contributed by atoms with Crippen LogP contribution in [0.1, 0.15) is 37.5 Å². The number of aromatic amines is 1. The minimum Gasteiger partial charge on any atom is -0.469 e. The monoisotopic (exact) mass is 239 g/mol. The van der Waals surface area contributed by atoms with E-state index >= 15 is 0 Å². The topological polar surface area (TPSA) is 77.0 Å². The zero-order valence-electron chi connectivity index (χ0n) is 10.1. The molecule has 1 saturated carbocycles. The van der Waals surface area contributed by atoms with Crippen LogP contribution in [0.5, 0.6) is 0 Å². The Balaban J connectivity index is 2.05. The van der Waals surface area contributed by atoms with Crippen molar-refractivity contribution in [1.82, 2.24) is 14.8 Å². The number of methoxy groups -OCH3 is 1. The standard InChI is InChI=1S/C11H17N3O3/c1-7-12-13-11(16)14(7)9-5-3-8(4-6-9)10(15)17-2/h8-9H,3-6H2,1-2H3,(H,13,16). The summed E-state index contributed by atoms with van der Waals surface area (Å²) in [5, 5.41) is 6.34. The third-order valence-electron chi connectivity index (χ3n) is 3.48. The van der Waals surface area contributed by atoms with E-state index in [9.17, 15) is 9.59 Å². The predicted molar refractivity (Wildman–Crippen MR) is 60.6 cm³/mol. The average molecular weight is 239 g/mol. The Bertz CT molecular complexity index is 455. The van der Waals surface area contributed by atoms with Crippen molar-refractivity contribution in [3.63, 3.8) is 0 Å². The zero-order chi connectivity index (χ0) is 12.4. The summed E-state index contributed by atoms with van der Waals surface area (Å²) in [6.07, 6.45) is 3.18. The third-order valence-corrected chi connectivity index (χ3v) is 3.48. The summed E-state index contributed by atoms with van der Waals surface area (Å²) in [6, 6.07) is 0.155. The molecule has 0 aliphatic heterocycles. The van der Waals surface area contributed by atoms with E-state index in [4.69, 9.17) is 4.74 Å². The van der Waals surface area contributed by atoms with Gasteiger partial charge in [-0.25, -0.2) is 9.89 Å². The first kappa shape index (κ1) is 11.9. The molecule has 0 amide bonds. The normalized spacial score (nSPS) is 24.6. The first-order valence-corrected chi connectivity index (χ1v) is 5.84. The van der Waals surface area contributed by atoms with Gasteiger partial charge in [0.1, 0.15) is 5.82 Å². The second kappa shape index (κ2) is 4.73. The summed E-state index contributed by atoms with van der Waals surface area (Å²) >= 11 is 0. The number of ether oxygens (including phenoxy) is 1. The molecule has 0 spiro atoms. The fourth-order valence-corrected chi connectivity index (χ4v) is 2.55. The van der Waals surface area contributed by atoms with Crippen LogP contribution in [-0.4, -0.2) is 27.8 Å². The van der Waals surface area contributed by atoms with Gasteiger partial charge in [-0.05, 0) is 32.6 Å². The van der Waals surface area contributed by atoms with E-state index in [-0.39, 0.29) is 23.6 Å². The Labute approximate surface area is 99.0 Å². The molecule has 1 aromatic rings. The summed E-state index contributed by atoms with van der Waals surface area (Å²) in [4.78, 5) is 22.9. The molecule has 0 saturated heterocycles. The lowest BCUT2D eigenvalue weighted by atomic mass is 9.86. The van der Waals surface area contributed by atoms with Gasteiger partial charge in [0.2, 0.25) is 0 Å². The number of hydrogen-bond acceptors (Lipinski definition) is 4. The van der Waals surface area contributed by atoms with E-state index < -0.39 is 0 Å². The highest BCUT2D eigenvalue weighted by atomic mass is 16.5. The second-order valence-electron chi connectivity index (χ2n) is 4.47. The zero-order valence-corrected chi connectivity index (χ0v) is 10.1. The van der Waals surface area contributed by atoms with Crippen LogP contribution in [0.2, 0.25) is 0 Å². The van der Waals surface area contributed by atoms with E-state index in [0.717, 1.165) is 25.7 Å². The van der Waals surface area contributed by atoms with Gasteiger partial charge in [0.15, 0.2) is 0 Å². The van der Waals surface area contributed by atoms with E-state index in [2.05, 4.69) is 10.2 Å². The molecular formula is C11H17N3O3. The first-order valence-electron chi connectivity index (χ1n) is 5.84. The smallest absolute Gasteiger partial charge is 0.343 e. The van der Waals surface area contributed by atoms with Gasteiger partial charge in [-0.15, -0.1) is 0 Å². The lowest BCUT2D eigenvalue weighted by Gasteiger charge is -2.27. The van der Waals surface area contributed by atoms with E-state index in [1.807, 2.05) is 6.92 Å². The highest BCUT2D eigenvalue weighted by Crippen LogP contribution is 2.32. The van der Waals surface area contributed by atoms with Gasteiger partial charge in [-0.1, -0.05) is 0 Å². The number of aryl methyl sites for hydroxylation is 1. The van der Waals surface area contributed by atoms with E-state index in [0.29, 0.717) is 5.82 Å². The van der Waals surface area contributed by atoms with Crippen molar-refractivity contribution in [2.24, 2.45) is 5.92 Å². The molecule has 1 aliphatic rings. The van der Waals surface area contributed by atoms with Crippen molar-refractivity contribution in [1.29, 1.82) is 0 Å². The fraction of sp³-hybridized carbons (Fsp3) is 0.727. The molecule has 1 fully saturated rings.